The summed E-state index contributed by atoms with van der Waals surface area (Å²) >= 11 is 0. The molecule has 0 spiro atoms. The van der Waals surface area contributed by atoms with E-state index in [0.29, 0.717) is 5.69 Å². The normalized spacial score (nSPS) is 10.4. The number of amides is 1. The van der Waals surface area contributed by atoms with Gasteiger partial charge < -0.3 is 20.8 Å². The molecule has 0 radical (unpaired) electrons. The first kappa shape index (κ1) is 14.1. The zero-order valence-electron chi connectivity index (χ0n) is 9.75. The fourth-order valence-corrected chi connectivity index (χ4v) is 1.17. The van der Waals surface area contributed by atoms with Gasteiger partial charge in [0.05, 0.1) is 0 Å². The predicted octanol–water partition coefficient (Wildman–Crippen LogP) is 0.412. The Bertz CT molecular complexity index is 560. The maximum atomic E-state index is 11.7. The molecule has 1 aromatic carbocycles. The third-order valence-electron chi connectivity index (χ3n) is 1.97. The average molecular weight is 261 g/mol. The van der Waals surface area contributed by atoms with E-state index in [-0.39, 0.29) is 11.3 Å². The molecule has 0 aromatic heterocycles. The molecule has 0 aliphatic rings. The first-order valence-corrected chi connectivity index (χ1v) is 5.18. The lowest BCUT2D eigenvalue weighted by Crippen LogP contribution is -2.20. The van der Waals surface area contributed by atoms with Crippen molar-refractivity contribution in [1.29, 1.82) is 5.26 Å². The van der Waals surface area contributed by atoms with Crippen LogP contribution in [0.3, 0.4) is 0 Å². The zero-order chi connectivity index (χ0) is 14.3. The Labute approximate surface area is 108 Å². The number of aromatic hydroxyl groups is 1. The Morgan fingerprint density at radius 3 is 2.74 bits per heavy atom. The number of hydrogen-bond acceptors (Lipinski definition) is 5. The van der Waals surface area contributed by atoms with E-state index in [9.17, 15) is 14.7 Å². The second-order valence-corrected chi connectivity index (χ2v) is 3.45. The highest BCUT2D eigenvalue weighted by Crippen LogP contribution is 2.15. The Kier molecular flexibility index (Phi) is 4.93. The zero-order valence-corrected chi connectivity index (χ0v) is 9.75. The number of phenols is 1. The maximum absolute atomic E-state index is 11.7. The number of nitrogens with one attached hydrogen (secondary N) is 2. The quantitative estimate of drug-likeness (QED) is 0.450. The van der Waals surface area contributed by atoms with Gasteiger partial charge in [-0.2, -0.15) is 5.26 Å². The van der Waals surface area contributed by atoms with Crippen LogP contribution in [0.15, 0.2) is 36.0 Å². The van der Waals surface area contributed by atoms with Gasteiger partial charge in [0.2, 0.25) is 0 Å². The van der Waals surface area contributed by atoms with Crippen molar-refractivity contribution >= 4 is 17.6 Å². The number of nitrogens with zero attached hydrogens (tertiary/aromatic N) is 1. The third kappa shape index (κ3) is 4.79. The number of benzene rings is 1. The molecule has 0 atom stereocenters. The lowest BCUT2D eigenvalue weighted by molar-refractivity contribution is -0.135. The average Bonchev–Trinajstić information content (AvgIpc) is 2.34. The molecule has 98 valence electrons. The molecule has 0 aliphatic carbocycles. The second-order valence-electron chi connectivity index (χ2n) is 3.45. The summed E-state index contributed by atoms with van der Waals surface area (Å²) in [6.07, 6.45) is 1.02. The van der Waals surface area contributed by atoms with Crippen LogP contribution in [-0.4, -0.2) is 28.6 Å². The van der Waals surface area contributed by atoms with Crippen molar-refractivity contribution in [3.05, 3.63) is 36.0 Å². The summed E-state index contributed by atoms with van der Waals surface area (Å²) < 4.78 is 0. The molecule has 1 rings (SSSR count). The van der Waals surface area contributed by atoms with Crippen LogP contribution in [0.4, 0.5) is 5.69 Å². The summed E-state index contributed by atoms with van der Waals surface area (Å²) in [5.74, 6) is -1.84. The Morgan fingerprint density at radius 1 is 1.42 bits per heavy atom. The Morgan fingerprint density at radius 2 is 2.16 bits per heavy atom. The van der Waals surface area contributed by atoms with Gasteiger partial charge in [0.25, 0.3) is 5.91 Å². The fourth-order valence-electron chi connectivity index (χ4n) is 1.17. The van der Waals surface area contributed by atoms with E-state index < -0.39 is 18.4 Å². The van der Waals surface area contributed by atoms with Crippen molar-refractivity contribution in [3.8, 4) is 11.8 Å². The summed E-state index contributed by atoms with van der Waals surface area (Å²) in [6.45, 7) is -0.398. The van der Waals surface area contributed by atoms with Gasteiger partial charge in [-0.3, -0.25) is 9.59 Å². The van der Waals surface area contributed by atoms with Gasteiger partial charge in [0, 0.05) is 18.0 Å². The van der Waals surface area contributed by atoms with Crippen molar-refractivity contribution < 1.29 is 19.8 Å². The fraction of sp³-hybridized carbons (Fsp3) is 0.0833. The molecule has 0 aliphatic heterocycles. The summed E-state index contributed by atoms with van der Waals surface area (Å²) in [7, 11) is 0. The standard InChI is InChI=1S/C12H11N3O4/c13-5-8(6-14-7-11(17)18)12(19)15-9-2-1-3-10(16)4-9/h1-4,6,14,16H,7H2,(H,15,19)(H,17,18)/b8-6-. The van der Waals surface area contributed by atoms with Crippen LogP contribution >= 0.6 is 0 Å². The highest BCUT2D eigenvalue weighted by molar-refractivity contribution is 6.06. The SMILES string of the molecule is N#C/C(=C/NCC(=O)O)C(=O)Nc1cccc(O)c1. The molecular weight excluding hydrogens is 250 g/mol. The molecule has 0 bridgehead atoms. The number of nitriles is 1. The van der Waals surface area contributed by atoms with Crippen LogP contribution in [0, 0.1) is 11.3 Å². The molecule has 0 saturated heterocycles. The first-order valence-electron chi connectivity index (χ1n) is 5.18. The van der Waals surface area contributed by atoms with E-state index in [1.165, 1.54) is 24.3 Å². The van der Waals surface area contributed by atoms with Crippen molar-refractivity contribution in [2.75, 3.05) is 11.9 Å². The molecule has 7 heteroatoms. The highest BCUT2D eigenvalue weighted by atomic mass is 16.4. The molecule has 4 N–H and O–H groups in total. The van der Waals surface area contributed by atoms with Gasteiger partial charge in [-0.25, -0.2) is 0 Å². The molecule has 1 amide bonds. The summed E-state index contributed by atoms with van der Waals surface area (Å²) in [6, 6.07) is 7.46. The van der Waals surface area contributed by atoms with E-state index in [2.05, 4.69) is 10.6 Å². The van der Waals surface area contributed by atoms with E-state index in [0.717, 1.165) is 6.20 Å². The summed E-state index contributed by atoms with van der Waals surface area (Å²) in [4.78, 5) is 21.9. The summed E-state index contributed by atoms with van der Waals surface area (Å²) in [5, 5.41) is 31.1. The van der Waals surface area contributed by atoms with E-state index in [1.54, 1.807) is 6.07 Å². The number of phenolic OH excluding ortho intramolecular Hbond substituents is 1. The maximum Gasteiger partial charge on any atom is 0.322 e. The molecule has 0 saturated carbocycles. The Balaban J connectivity index is 2.69. The van der Waals surface area contributed by atoms with E-state index in [4.69, 9.17) is 10.4 Å². The van der Waals surface area contributed by atoms with Crippen LogP contribution in [0.5, 0.6) is 5.75 Å². The van der Waals surface area contributed by atoms with Crippen molar-refractivity contribution in [2.45, 2.75) is 0 Å². The van der Waals surface area contributed by atoms with Gasteiger partial charge in [0.15, 0.2) is 0 Å². The minimum Gasteiger partial charge on any atom is -0.508 e. The van der Waals surface area contributed by atoms with Crippen LogP contribution in [-0.2, 0) is 9.59 Å². The summed E-state index contributed by atoms with van der Waals surface area (Å²) in [5.41, 5.74) is 0.0500. The minimum atomic E-state index is -1.11. The molecule has 1 aromatic rings. The molecular formula is C12H11N3O4. The number of carboxylic acids is 1. The number of carbonyl (C=O) groups excluding carboxylic acids is 1. The Hall–Kier alpha value is -3.01. The predicted molar refractivity (Wildman–Crippen MR) is 66.1 cm³/mol. The monoisotopic (exact) mass is 261 g/mol. The number of rotatable bonds is 5. The first-order chi connectivity index (χ1) is 9.02. The van der Waals surface area contributed by atoms with Crippen LogP contribution < -0.4 is 10.6 Å². The number of hydrogen-bond donors (Lipinski definition) is 4. The number of anilines is 1. The highest BCUT2D eigenvalue weighted by Gasteiger charge is 2.09. The van der Waals surface area contributed by atoms with Gasteiger partial charge in [-0.15, -0.1) is 0 Å². The third-order valence-corrected chi connectivity index (χ3v) is 1.97. The smallest absolute Gasteiger partial charge is 0.322 e. The van der Waals surface area contributed by atoms with Gasteiger partial charge in [0.1, 0.15) is 23.9 Å². The lowest BCUT2D eigenvalue weighted by Gasteiger charge is -2.04. The number of carboxylic acid groups (broad SMARTS) is 1. The second kappa shape index (κ2) is 6.66. The van der Waals surface area contributed by atoms with Crippen LogP contribution in [0.2, 0.25) is 0 Å². The van der Waals surface area contributed by atoms with Gasteiger partial charge >= 0.3 is 5.97 Å². The number of carbonyl (C=O) groups is 2. The molecule has 7 nitrogen and oxygen atoms in total. The molecule has 0 unspecified atom stereocenters. The molecule has 0 heterocycles. The van der Waals surface area contributed by atoms with E-state index in [1.807, 2.05) is 0 Å². The van der Waals surface area contributed by atoms with Crippen LogP contribution in [0.25, 0.3) is 0 Å². The molecule has 0 fully saturated rings. The van der Waals surface area contributed by atoms with Crippen molar-refractivity contribution in [1.82, 2.24) is 5.32 Å². The largest absolute Gasteiger partial charge is 0.508 e. The van der Waals surface area contributed by atoms with Crippen molar-refractivity contribution in [3.63, 3.8) is 0 Å². The van der Waals surface area contributed by atoms with Crippen molar-refractivity contribution in [2.24, 2.45) is 0 Å². The van der Waals surface area contributed by atoms with Gasteiger partial charge in [-0.05, 0) is 12.1 Å². The number of aliphatic carboxylic acids is 1. The minimum absolute atomic E-state index is 0.0238. The van der Waals surface area contributed by atoms with E-state index >= 15 is 0 Å². The van der Waals surface area contributed by atoms with Gasteiger partial charge in [-0.1, -0.05) is 6.07 Å². The lowest BCUT2D eigenvalue weighted by atomic mass is 10.2. The van der Waals surface area contributed by atoms with Crippen LogP contribution in [0.1, 0.15) is 0 Å². The molecule has 19 heavy (non-hydrogen) atoms. The topological polar surface area (TPSA) is 122 Å².